The van der Waals surface area contributed by atoms with Crippen LogP contribution in [-0.4, -0.2) is 71.7 Å². The van der Waals surface area contributed by atoms with Crippen molar-refractivity contribution in [1.82, 2.24) is 14.4 Å². The summed E-state index contributed by atoms with van der Waals surface area (Å²) in [5.74, 6) is 0.516. The molecule has 0 unspecified atom stereocenters. The summed E-state index contributed by atoms with van der Waals surface area (Å²) in [6.07, 6.45) is 6.00. The number of ether oxygens (including phenoxy) is 1. The van der Waals surface area contributed by atoms with Gasteiger partial charge in [0.25, 0.3) is 0 Å². The van der Waals surface area contributed by atoms with Gasteiger partial charge in [0.05, 0.1) is 29.8 Å². The third kappa shape index (κ3) is 4.19. The standard InChI is InChI=1S/C30H35N3O4/c1-31(2)15-26(34)32-16-30(17-32)18-33-24-14-21(29(35)36)12-13-22(24)27(20-8-4-3-5-9-20)28(33)23-10-6-7-11-25(23)37-19-30/h6-7,10-14,20H,3-5,8-9,15-19H2,1-2H3,(H,35,36). The molecule has 2 fully saturated rings. The second kappa shape index (κ2) is 9.21. The van der Waals surface area contributed by atoms with E-state index >= 15 is 0 Å². The molecule has 1 spiro atoms. The number of carboxylic acids is 1. The summed E-state index contributed by atoms with van der Waals surface area (Å²) in [7, 11) is 3.82. The van der Waals surface area contributed by atoms with Crippen LogP contribution in [0.4, 0.5) is 0 Å². The highest BCUT2D eigenvalue weighted by atomic mass is 16.5. The summed E-state index contributed by atoms with van der Waals surface area (Å²) in [5.41, 5.74) is 4.63. The number of carbonyl (C=O) groups excluding carboxylic acids is 1. The molecule has 37 heavy (non-hydrogen) atoms. The van der Waals surface area contributed by atoms with Crippen LogP contribution in [0, 0.1) is 5.41 Å². The molecule has 1 saturated heterocycles. The third-order valence-corrected chi connectivity index (χ3v) is 8.39. The average molecular weight is 502 g/mol. The Morgan fingerprint density at radius 3 is 2.54 bits per heavy atom. The van der Waals surface area contributed by atoms with Crippen LogP contribution < -0.4 is 4.74 Å². The van der Waals surface area contributed by atoms with Gasteiger partial charge in [-0.3, -0.25) is 4.79 Å². The molecule has 1 aromatic heterocycles. The minimum absolute atomic E-state index is 0.131. The van der Waals surface area contributed by atoms with E-state index in [4.69, 9.17) is 4.74 Å². The summed E-state index contributed by atoms with van der Waals surface area (Å²) in [4.78, 5) is 28.6. The maximum absolute atomic E-state index is 12.8. The lowest BCUT2D eigenvalue weighted by Crippen LogP contribution is -2.63. The quantitative estimate of drug-likeness (QED) is 0.554. The fraction of sp³-hybridized carbons (Fsp3) is 0.467. The summed E-state index contributed by atoms with van der Waals surface area (Å²) in [6, 6.07) is 13.8. The van der Waals surface area contributed by atoms with E-state index in [2.05, 4.69) is 16.7 Å². The first-order chi connectivity index (χ1) is 17.8. The number of hydrogen-bond acceptors (Lipinski definition) is 4. The Kier molecular flexibility index (Phi) is 5.98. The lowest BCUT2D eigenvalue weighted by molar-refractivity contribution is -0.147. The number of benzene rings is 2. The normalized spacial score (nSPS) is 19.1. The fourth-order valence-electron chi connectivity index (χ4n) is 6.67. The first kappa shape index (κ1) is 24.0. The molecule has 3 aromatic rings. The highest BCUT2D eigenvalue weighted by Crippen LogP contribution is 2.49. The molecule has 194 valence electrons. The van der Waals surface area contributed by atoms with E-state index in [-0.39, 0.29) is 11.3 Å². The van der Waals surface area contributed by atoms with Gasteiger partial charge in [-0.05, 0) is 62.7 Å². The van der Waals surface area contributed by atoms with Crippen molar-refractivity contribution < 1.29 is 19.4 Å². The van der Waals surface area contributed by atoms with Gasteiger partial charge in [0.15, 0.2) is 0 Å². The van der Waals surface area contributed by atoms with Gasteiger partial charge >= 0.3 is 5.97 Å². The van der Waals surface area contributed by atoms with Crippen LogP contribution in [0.3, 0.4) is 0 Å². The zero-order valence-electron chi connectivity index (χ0n) is 21.7. The van der Waals surface area contributed by atoms with Crippen molar-refractivity contribution in [3.63, 3.8) is 0 Å². The Morgan fingerprint density at radius 1 is 1.05 bits per heavy atom. The largest absolute Gasteiger partial charge is 0.492 e. The second-order valence-electron chi connectivity index (χ2n) is 11.5. The van der Waals surface area contributed by atoms with E-state index in [9.17, 15) is 14.7 Å². The van der Waals surface area contributed by atoms with Crippen LogP contribution in [0.1, 0.15) is 53.9 Å². The van der Waals surface area contributed by atoms with Gasteiger partial charge in [0.2, 0.25) is 5.91 Å². The molecule has 1 saturated carbocycles. The molecule has 0 atom stereocenters. The molecule has 1 aliphatic carbocycles. The van der Waals surface area contributed by atoms with Crippen LogP contribution in [0.25, 0.3) is 22.2 Å². The Balaban J connectivity index is 1.52. The third-order valence-electron chi connectivity index (χ3n) is 8.39. The van der Waals surface area contributed by atoms with Crippen molar-refractivity contribution >= 4 is 22.8 Å². The van der Waals surface area contributed by atoms with Crippen LogP contribution in [-0.2, 0) is 11.3 Å². The number of hydrogen-bond donors (Lipinski definition) is 1. The smallest absolute Gasteiger partial charge is 0.335 e. The summed E-state index contributed by atoms with van der Waals surface area (Å²) >= 11 is 0. The second-order valence-corrected chi connectivity index (χ2v) is 11.5. The molecule has 0 radical (unpaired) electrons. The van der Waals surface area contributed by atoms with Gasteiger partial charge in [0.1, 0.15) is 5.75 Å². The van der Waals surface area contributed by atoms with Crippen LogP contribution in [0.5, 0.6) is 5.75 Å². The molecule has 1 amide bonds. The Labute approximate surface area is 217 Å². The topological polar surface area (TPSA) is 75.0 Å². The minimum atomic E-state index is -0.912. The van der Waals surface area contributed by atoms with Gasteiger partial charge in [0, 0.05) is 36.1 Å². The highest BCUT2D eigenvalue weighted by molar-refractivity contribution is 5.98. The summed E-state index contributed by atoms with van der Waals surface area (Å²) in [5, 5.41) is 11.0. The lowest BCUT2D eigenvalue weighted by atomic mass is 9.79. The van der Waals surface area contributed by atoms with E-state index in [0.717, 1.165) is 40.8 Å². The van der Waals surface area contributed by atoms with Gasteiger partial charge in [-0.25, -0.2) is 4.79 Å². The predicted octanol–water partition coefficient (Wildman–Crippen LogP) is 4.84. The van der Waals surface area contributed by atoms with Crippen molar-refractivity contribution in [2.45, 2.75) is 44.6 Å². The molecular weight excluding hydrogens is 466 g/mol. The monoisotopic (exact) mass is 501 g/mol. The van der Waals surface area contributed by atoms with Gasteiger partial charge in [-0.15, -0.1) is 0 Å². The SMILES string of the molecule is CN(C)CC(=O)N1CC2(COc3ccccc3-c3c(C4CCCCC4)c4ccc(C(=O)O)cc4n3C2)C1. The number of likely N-dealkylation sites (tertiary alicyclic amines) is 1. The van der Waals surface area contributed by atoms with E-state index in [1.54, 1.807) is 6.07 Å². The molecule has 2 aliphatic heterocycles. The van der Waals surface area contributed by atoms with Crippen molar-refractivity contribution in [3.8, 4) is 17.0 Å². The number of rotatable bonds is 4. The molecular formula is C30H35N3O4. The number of aromatic carboxylic acids is 1. The fourth-order valence-corrected chi connectivity index (χ4v) is 6.67. The van der Waals surface area contributed by atoms with Crippen LogP contribution >= 0.6 is 0 Å². The number of amides is 1. The molecule has 3 heterocycles. The average Bonchev–Trinajstić information content (AvgIpc) is 3.16. The number of para-hydroxylation sites is 1. The zero-order chi connectivity index (χ0) is 25.7. The number of fused-ring (bicyclic) bond motifs is 5. The maximum Gasteiger partial charge on any atom is 0.335 e. The van der Waals surface area contributed by atoms with Crippen molar-refractivity contribution in [2.24, 2.45) is 5.41 Å². The molecule has 7 heteroatoms. The predicted molar refractivity (Wildman–Crippen MR) is 143 cm³/mol. The van der Waals surface area contributed by atoms with Crippen LogP contribution in [0.15, 0.2) is 42.5 Å². The lowest BCUT2D eigenvalue weighted by Gasteiger charge is -2.51. The molecule has 7 nitrogen and oxygen atoms in total. The van der Waals surface area contributed by atoms with Gasteiger partial charge < -0.3 is 24.2 Å². The van der Waals surface area contributed by atoms with Crippen molar-refractivity contribution in [1.29, 1.82) is 0 Å². The van der Waals surface area contributed by atoms with E-state index in [1.807, 2.05) is 48.2 Å². The first-order valence-corrected chi connectivity index (χ1v) is 13.4. The molecule has 0 bridgehead atoms. The summed E-state index contributed by atoms with van der Waals surface area (Å²) < 4.78 is 8.86. The summed E-state index contributed by atoms with van der Waals surface area (Å²) in [6.45, 7) is 2.88. The van der Waals surface area contributed by atoms with E-state index in [0.29, 0.717) is 44.3 Å². The van der Waals surface area contributed by atoms with E-state index in [1.165, 1.54) is 24.8 Å². The number of carboxylic acid groups (broad SMARTS) is 1. The molecule has 2 aromatic carbocycles. The molecule has 6 rings (SSSR count). The molecule has 3 aliphatic rings. The van der Waals surface area contributed by atoms with Crippen molar-refractivity contribution in [2.75, 3.05) is 40.3 Å². The van der Waals surface area contributed by atoms with E-state index < -0.39 is 5.97 Å². The Morgan fingerprint density at radius 2 is 1.81 bits per heavy atom. The Bertz CT molecular complexity index is 1360. The minimum Gasteiger partial charge on any atom is -0.492 e. The number of likely N-dealkylation sites (N-methyl/N-ethyl adjacent to an activating group) is 1. The number of nitrogens with zero attached hydrogens (tertiary/aromatic N) is 3. The van der Waals surface area contributed by atoms with Crippen LogP contribution in [0.2, 0.25) is 0 Å². The van der Waals surface area contributed by atoms with Crippen molar-refractivity contribution in [3.05, 3.63) is 53.6 Å². The first-order valence-electron chi connectivity index (χ1n) is 13.4. The van der Waals surface area contributed by atoms with Gasteiger partial charge in [-0.1, -0.05) is 37.5 Å². The van der Waals surface area contributed by atoms with Gasteiger partial charge in [-0.2, -0.15) is 0 Å². The molecule has 1 N–H and O–H groups in total. The number of aromatic nitrogens is 1. The highest BCUT2D eigenvalue weighted by Gasteiger charge is 2.48. The number of carbonyl (C=O) groups is 2. The maximum atomic E-state index is 12.8. The Hall–Kier alpha value is -3.32. The zero-order valence-corrected chi connectivity index (χ0v) is 21.7.